The van der Waals surface area contributed by atoms with E-state index in [0.717, 1.165) is 11.4 Å². The van der Waals surface area contributed by atoms with Crippen molar-refractivity contribution in [3.8, 4) is 5.75 Å². The minimum absolute atomic E-state index is 0.116. The molecule has 3 aromatic rings. The first-order valence-electron chi connectivity index (χ1n) is 7.72. The molecule has 0 aliphatic rings. The number of urea groups is 1. The average Bonchev–Trinajstić information content (AvgIpc) is 2.98. The number of anilines is 1. The lowest BCUT2D eigenvalue weighted by molar-refractivity contribution is 0.242. The Balaban J connectivity index is 1.56. The summed E-state index contributed by atoms with van der Waals surface area (Å²) in [5, 5.41) is 13.6. The summed E-state index contributed by atoms with van der Waals surface area (Å²) in [5.41, 5.74) is 1.44. The van der Waals surface area contributed by atoms with E-state index in [4.69, 9.17) is 4.74 Å². The smallest absolute Gasteiger partial charge is 0.319 e. The van der Waals surface area contributed by atoms with Crippen molar-refractivity contribution in [3.05, 3.63) is 54.5 Å². The van der Waals surface area contributed by atoms with E-state index in [-0.39, 0.29) is 18.7 Å². The molecule has 2 N–H and O–H groups in total. The van der Waals surface area contributed by atoms with Crippen LogP contribution in [-0.2, 0) is 6.54 Å². The molecule has 0 unspecified atom stereocenters. The number of ether oxygens (including phenoxy) is 1. The second-order valence-electron chi connectivity index (χ2n) is 5.54. The number of amides is 2. The number of pyridine rings is 1. The quantitative estimate of drug-likeness (QED) is 0.756. The standard InChI is InChI=1S/C17H19N5O2/c1-12(2)24-14-8-6-13(7-9-14)19-17(23)18-11-16-21-20-15-5-3-4-10-22(15)16/h3-10,12H,11H2,1-2H3,(H2,18,19,23). The normalized spacial score (nSPS) is 10.8. The zero-order valence-electron chi connectivity index (χ0n) is 13.6. The number of aromatic nitrogens is 3. The lowest BCUT2D eigenvalue weighted by atomic mass is 10.3. The lowest BCUT2D eigenvalue weighted by Crippen LogP contribution is -2.28. The number of carbonyl (C=O) groups is 1. The summed E-state index contributed by atoms with van der Waals surface area (Å²) in [7, 11) is 0. The average molecular weight is 325 g/mol. The van der Waals surface area contributed by atoms with Crippen LogP contribution in [0.1, 0.15) is 19.7 Å². The summed E-state index contributed by atoms with van der Waals surface area (Å²) < 4.78 is 7.40. The molecule has 0 radical (unpaired) electrons. The third-order valence-electron chi connectivity index (χ3n) is 3.28. The van der Waals surface area contributed by atoms with Crippen molar-refractivity contribution >= 4 is 17.4 Å². The second-order valence-corrected chi connectivity index (χ2v) is 5.54. The number of nitrogens with zero attached hydrogens (tertiary/aromatic N) is 3. The van der Waals surface area contributed by atoms with E-state index in [1.54, 1.807) is 12.1 Å². The van der Waals surface area contributed by atoms with Crippen LogP contribution < -0.4 is 15.4 Å². The van der Waals surface area contributed by atoms with Crippen molar-refractivity contribution in [2.24, 2.45) is 0 Å². The zero-order chi connectivity index (χ0) is 16.9. The first-order chi connectivity index (χ1) is 11.6. The fourth-order valence-corrected chi connectivity index (χ4v) is 2.24. The predicted molar refractivity (Wildman–Crippen MR) is 91.1 cm³/mol. The molecule has 2 amide bonds. The van der Waals surface area contributed by atoms with Crippen molar-refractivity contribution in [2.45, 2.75) is 26.5 Å². The molecule has 0 saturated carbocycles. The van der Waals surface area contributed by atoms with Gasteiger partial charge in [-0.3, -0.25) is 4.40 Å². The molecule has 0 fully saturated rings. The topological polar surface area (TPSA) is 80.5 Å². The molecule has 7 heteroatoms. The van der Waals surface area contributed by atoms with Gasteiger partial charge in [-0.05, 0) is 50.2 Å². The fourth-order valence-electron chi connectivity index (χ4n) is 2.24. The van der Waals surface area contributed by atoms with Crippen LogP contribution in [0, 0.1) is 0 Å². The van der Waals surface area contributed by atoms with Crippen LogP contribution in [0.4, 0.5) is 10.5 Å². The number of benzene rings is 1. The van der Waals surface area contributed by atoms with Crippen molar-refractivity contribution in [2.75, 3.05) is 5.32 Å². The van der Waals surface area contributed by atoms with Gasteiger partial charge in [-0.1, -0.05) is 6.07 Å². The summed E-state index contributed by atoms with van der Waals surface area (Å²) in [6, 6.07) is 12.6. The highest BCUT2D eigenvalue weighted by Crippen LogP contribution is 2.16. The molecule has 0 atom stereocenters. The monoisotopic (exact) mass is 325 g/mol. The predicted octanol–water partition coefficient (Wildman–Crippen LogP) is 2.84. The molecule has 3 rings (SSSR count). The van der Waals surface area contributed by atoms with Gasteiger partial charge in [0.2, 0.25) is 0 Å². The fraction of sp³-hybridized carbons (Fsp3) is 0.235. The molecule has 1 aromatic carbocycles. The van der Waals surface area contributed by atoms with Crippen molar-refractivity contribution in [1.82, 2.24) is 19.9 Å². The molecule has 0 spiro atoms. The summed E-state index contributed by atoms with van der Waals surface area (Å²) in [4.78, 5) is 12.0. The van der Waals surface area contributed by atoms with Gasteiger partial charge in [0.05, 0.1) is 12.6 Å². The number of hydrogen-bond acceptors (Lipinski definition) is 4. The maximum atomic E-state index is 12.0. The van der Waals surface area contributed by atoms with Crippen molar-refractivity contribution in [1.29, 1.82) is 0 Å². The Labute approximate surface area is 139 Å². The first kappa shape index (κ1) is 15.8. The number of nitrogens with one attached hydrogen (secondary N) is 2. The molecular weight excluding hydrogens is 306 g/mol. The molecular formula is C17H19N5O2. The molecule has 124 valence electrons. The van der Waals surface area contributed by atoms with Gasteiger partial charge in [-0.15, -0.1) is 10.2 Å². The molecule has 2 aromatic heterocycles. The Morgan fingerprint density at radius 3 is 2.71 bits per heavy atom. The summed E-state index contributed by atoms with van der Waals surface area (Å²) in [6.45, 7) is 4.22. The van der Waals surface area contributed by atoms with Gasteiger partial charge >= 0.3 is 6.03 Å². The third kappa shape index (κ3) is 3.81. The van der Waals surface area contributed by atoms with Gasteiger partial charge in [0.15, 0.2) is 11.5 Å². The number of carbonyl (C=O) groups excluding carboxylic acids is 1. The van der Waals surface area contributed by atoms with E-state index in [1.807, 2.05) is 54.8 Å². The van der Waals surface area contributed by atoms with Crippen molar-refractivity contribution in [3.63, 3.8) is 0 Å². The van der Waals surface area contributed by atoms with Crippen LogP contribution >= 0.6 is 0 Å². The van der Waals surface area contributed by atoms with E-state index in [9.17, 15) is 4.79 Å². The van der Waals surface area contributed by atoms with E-state index in [2.05, 4.69) is 20.8 Å². The van der Waals surface area contributed by atoms with Crippen LogP contribution in [0.3, 0.4) is 0 Å². The molecule has 0 saturated heterocycles. The molecule has 0 aliphatic heterocycles. The molecule has 24 heavy (non-hydrogen) atoms. The highest BCUT2D eigenvalue weighted by Gasteiger charge is 2.07. The second kappa shape index (κ2) is 6.99. The largest absolute Gasteiger partial charge is 0.491 e. The number of hydrogen-bond donors (Lipinski definition) is 2. The SMILES string of the molecule is CC(C)Oc1ccc(NC(=O)NCc2nnc3ccccn23)cc1. The highest BCUT2D eigenvalue weighted by molar-refractivity contribution is 5.89. The first-order valence-corrected chi connectivity index (χ1v) is 7.72. The van der Waals surface area contributed by atoms with E-state index in [0.29, 0.717) is 11.5 Å². The Kier molecular flexibility index (Phi) is 4.60. The lowest BCUT2D eigenvalue weighted by Gasteiger charge is -2.11. The Morgan fingerprint density at radius 2 is 1.96 bits per heavy atom. The Bertz CT molecular complexity index is 826. The van der Waals surface area contributed by atoms with Gasteiger partial charge in [0.1, 0.15) is 5.75 Å². The zero-order valence-corrected chi connectivity index (χ0v) is 13.6. The van der Waals surface area contributed by atoms with E-state index < -0.39 is 0 Å². The van der Waals surface area contributed by atoms with E-state index in [1.165, 1.54) is 0 Å². The minimum atomic E-state index is -0.305. The Hall–Kier alpha value is -3.09. The van der Waals surface area contributed by atoms with E-state index >= 15 is 0 Å². The molecule has 2 heterocycles. The molecule has 0 bridgehead atoms. The van der Waals surface area contributed by atoms with Crippen LogP contribution in [0.15, 0.2) is 48.7 Å². The molecule has 7 nitrogen and oxygen atoms in total. The number of rotatable bonds is 5. The summed E-state index contributed by atoms with van der Waals surface area (Å²) in [5.74, 6) is 1.44. The molecule has 0 aliphatic carbocycles. The minimum Gasteiger partial charge on any atom is -0.491 e. The third-order valence-corrected chi connectivity index (χ3v) is 3.28. The van der Waals surface area contributed by atoms with Gasteiger partial charge in [-0.25, -0.2) is 4.79 Å². The van der Waals surface area contributed by atoms with Gasteiger partial charge in [-0.2, -0.15) is 0 Å². The van der Waals surface area contributed by atoms with Crippen LogP contribution in [0.25, 0.3) is 5.65 Å². The van der Waals surface area contributed by atoms with Crippen LogP contribution in [-0.4, -0.2) is 26.7 Å². The van der Waals surface area contributed by atoms with Gasteiger partial charge in [0, 0.05) is 11.9 Å². The maximum absolute atomic E-state index is 12.0. The van der Waals surface area contributed by atoms with Crippen molar-refractivity contribution < 1.29 is 9.53 Å². The highest BCUT2D eigenvalue weighted by atomic mass is 16.5. The summed E-state index contributed by atoms with van der Waals surface area (Å²) in [6.07, 6.45) is 1.97. The van der Waals surface area contributed by atoms with Gasteiger partial charge in [0.25, 0.3) is 0 Å². The maximum Gasteiger partial charge on any atom is 0.319 e. The number of fused-ring (bicyclic) bond motifs is 1. The summed E-state index contributed by atoms with van der Waals surface area (Å²) >= 11 is 0. The van der Waals surface area contributed by atoms with Crippen LogP contribution in [0.2, 0.25) is 0 Å². The Morgan fingerprint density at radius 1 is 1.17 bits per heavy atom. The van der Waals surface area contributed by atoms with Gasteiger partial charge < -0.3 is 15.4 Å². The van der Waals surface area contributed by atoms with Crippen LogP contribution in [0.5, 0.6) is 5.75 Å².